The summed E-state index contributed by atoms with van der Waals surface area (Å²) in [6, 6.07) is 17.8. The van der Waals surface area contributed by atoms with Gasteiger partial charge < -0.3 is 14.8 Å². The average molecular weight is 434 g/mol. The van der Waals surface area contributed by atoms with Crippen LogP contribution in [0.4, 0.5) is 0 Å². The molecular formula is C26H31N3O3. The summed E-state index contributed by atoms with van der Waals surface area (Å²) < 4.78 is 12.9. The molecular weight excluding hydrogens is 402 g/mol. The minimum Gasteiger partial charge on any atom is -0.497 e. The topological polar surface area (TPSA) is 65.4 Å². The van der Waals surface area contributed by atoms with Gasteiger partial charge in [-0.15, -0.1) is 0 Å². The molecule has 0 bridgehead atoms. The van der Waals surface area contributed by atoms with Gasteiger partial charge in [0.15, 0.2) is 0 Å². The van der Waals surface area contributed by atoms with Gasteiger partial charge in [-0.25, -0.2) is 0 Å². The first-order chi connectivity index (χ1) is 15.6. The lowest BCUT2D eigenvalue weighted by Crippen LogP contribution is -2.33. The fourth-order valence-corrected chi connectivity index (χ4v) is 4.10. The Kier molecular flexibility index (Phi) is 7.22. The van der Waals surface area contributed by atoms with E-state index in [1.54, 1.807) is 7.11 Å². The summed E-state index contributed by atoms with van der Waals surface area (Å²) in [7, 11) is 1.64. The van der Waals surface area contributed by atoms with Crippen molar-refractivity contribution < 1.29 is 14.3 Å². The van der Waals surface area contributed by atoms with Crippen molar-refractivity contribution in [3.8, 4) is 17.0 Å². The van der Waals surface area contributed by atoms with Crippen molar-refractivity contribution in [2.45, 2.75) is 51.3 Å². The number of hydrogen-bond acceptors (Lipinski definition) is 4. The van der Waals surface area contributed by atoms with Gasteiger partial charge in [0.1, 0.15) is 11.4 Å². The largest absolute Gasteiger partial charge is 0.497 e. The summed E-state index contributed by atoms with van der Waals surface area (Å²) >= 11 is 0. The highest BCUT2D eigenvalue weighted by atomic mass is 16.5. The van der Waals surface area contributed by atoms with Crippen LogP contribution >= 0.6 is 0 Å². The molecule has 1 aliphatic rings. The fourth-order valence-electron chi connectivity index (χ4n) is 4.10. The van der Waals surface area contributed by atoms with Crippen LogP contribution in [-0.2, 0) is 11.3 Å². The minimum atomic E-state index is -0.109. The molecule has 1 N–H and O–H groups in total. The number of benzene rings is 2. The van der Waals surface area contributed by atoms with E-state index in [-0.39, 0.29) is 11.9 Å². The van der Waals surface area contributed by atoms with Gasteiger partial charge in [-0.2, -0.15) is 5.10 Å². The normalized spacial score (nSPS) is 16.6. The molecule has 2 heterocycles. The van der Waals surface area contributed by atoms with Crippen LogP contribution in [0.25, 0.3) is 11.3 Å². The molecule has 1 aromatic heterocycles. The molecule has 0 radical (unpaired) electrons. The van der Waals surface area contributed by atoms with E-state index in [0.29, 0.717) is 23.9 Å². The Bertz CT molecular complexity index is 1030. The molecule has 168 valence electrons. The molecule has 6 heteroatoms. The maximum Gasteiger partial charge on any atom is 0.255 e. The third-order valence-electron chi connectivity index (χ3n) is 5.86. The minimum absolute atomic E-state index is 0.0577. The summed E-state index contributed by atoms with van der Waals surface area (Å²) in [4.78, 5) is 13.2. The first-order valence-electron chi connectivity index (χ1n) is 11.3. The second-order valence-electron chi connectivity index (χ2n) is 8.39. The fraction of sp³-hybridized carbons (Fsp3) is 0.385. The Morgan fingerprint density at radius 3 is 2.84 bits per heavy atom. The lowest BCUT2D eigenvalue weighted by atomic mass is 10.1. The van der Waals surface area contributed by atoms with Gasteiger partial charge in [-0.05, 0) is 50.3 Å². The number of rotatable bonds is 9. The predicted octanol–water partition coefficient (Wildman–Crippen LogP) is 4.68. The number of nitrogens with zero attached hydrogens (tertiary/aromatic N) is 2. The number of amides is 1. The Morgan fingerprint density at radius 1 is 1.25 bits per heavy atom. The summed E-state index contributed by atoms with van der Waals surface area (Å²) in [6.07, 6.45) is 6.28. The third kappa shape index (κ3) is 5.56. The van der Waals surface area contributed by atoms with E-state index >= 15 is 0 Å². The van der Waals surface area contributed by atoms with E-state index in [4.69, 9.17) is 14.6 Å². The zero-order valence-corrected chi connectivity index (χ0v) is 18.8. The van der Waals surface area contributed by atoms with E-state index in [1.165, 1.54) is 0 Å². The third-order valence-corrected chi connectivity index (χ3v) is 5.86. The highest BCUT2D eigenvalue weighted by molar-refractivity contribution is 6.00. The molecule has 4 rings (SSSR count). The molecule has 1 fully saturated rings. The van der Waals surface area contributed by atoms with E-state index in [1.807, 2.05) is 60.3 Å². The molecule has 1 saturated heterocycles. The molecule has 1 amide bonds. The number of hydrogen-bond donors (Lipinski definition) is 1. The maximum atomic E-state index is 13.2. The predicted molar refractivity (Wildman–Crippen MR) is 125 cm³/mol. The average Bonchev–Trinajstić information content (AvgIpc) is 3.48. The molecule has 3 aromatic rings. The molecule has 2 atom stereocenters. The van der Waals surface area contributed by atoms with Gasteiger partial charge in [-0.1, -0.05) is 42.5 Å². The molecule has 2 aromatic carbocycles. The van der Waals surface area contributed by atoms with Crippen molar-refractivity contribution in [1.82, 2.24) is 15.1 Å². The molecule has 1 aliphatic heterocycles. The Hall–Kier alpha value is -3.12. The van der Waals surface area contributed by atoms with Crippen molar-refractivity contribution in [2.24, 2.45) is 0 Å². The van der Waals surface area contributed by atoms with Gasteiger partial charge in [-0.3, -0.25) is 9.48 Å². The van der Waals surface area contributed by atoms with Crippen molar-refractivity contribution in [3.63, 3.8) is 0 Å². The van der Waals surface area contributed by atoms with Gasteiger partial charge >= 0.3 is 0 Å². The van der Waals surface area contributed by atoms with Crippen molar-refractivity contribution in [1.29, 1.82) is 0 Å². The molecule has 6 nitrogen and oxygen atoms in total. The van der Waals surface area contributed by atoms with Gasteiger partial charge in [0, 0.05) is 24.4 Å². The monoisotopic (exact) mass is 433 g/mol. The van der Waals surface area contributed by atoms with Crippen molar-refractivity contribution in [2.75, 3.05) is 13.7 Å². The van der Waals surface area contributed by atoms with Crippen LogP contribution in [0.15, 0.2) is 60.8 Å². The second kappa shape index (κ2) is 10.5. The number of aromatic nitrogens is 2. The Labute approximate surface area is 189 Å². The van der Waals surface area contributed by atoms with Crippen LogP contribution in [0.3, 0.4) is 0 Å². The standard InChI is InChI=1S/C26H31N3O3/c1-19(13-14-22-12-7-15-32-22)27-26(30)24-18-29(17-20-8-4-3-5-9-20)28-25(24)21-10-6-11-23(16-21)31-2/h3-6,8-11,16,18-19,22H,7,12-15,17H2,1-2H3,(H,27,30). The molecule has 0 aliphatic carbocycles. The van der Waals surface area contributed by atoms with Crippen LogP contribution in [0.1, 0.15) is 48.5 Å². The van der Waals surface area contributed by atoms with Crippen LogP contribution in [0.5, 0.6) is 5.75 Å². The van der Waals surface area contributed by atoms with Crippen LogP contribution < -0.4 is 10.1 Å². The maximum absolute atomic E-state index is 13.2. The number of ether oxygens (including phenoxy) is 2. The van der Waals surface area contributed by atoms with E-state index in [9.17, 15) is 4.79 Å². The molecule has 0 saturated carbocycles. The first-order valence-corrected chi connectivity index (χ1v) is 11.3. The molecule has 32 heavy (non-hydrogen) atoms. The SMILES string of the molecule is COc1cccc(-c2nn(Cc3ccccc3)cc2C(=O)NC(C)CCC2CCCO2)c1. The highest BCUT2D eigenvalue weighted by Crippen LogP contribution is 2.26. The van der Waals surface area contributed by atoms with E-state index in [0.717, 1.165) is 49.2 Å². The lowest BCUT2D eigenvalue weighted by Gasteiger charge is -2.16. The Balaban J connectivity index is 1.54. The number of carbonyl (C=O) groups excluding carboxylic acids is 1. The van der Waals surface area contributed by atoms with Crippen LogP contribution in [0, 0.1) is 0 Å². The zero-order valence-electron chi connectivity index (χ0n) is 18.8. The number of nitrogens with one attached hydrogen (secondary N) is 1. The summed E-state index contributed by atoms with van der Waals surface area (Å²) in [5.74, 6) is 0.623. The Morgan fingerprint density at radius 2 is 2.09 bits per heavy atom. The van der Waals surface area contributed by atoms with E-state index in [2.05, 4.69) is 17.4 Å². The van der Waals surface area contributed by atoms with Gasteiger partial charge in [0.05, 0.1) is 25.3 Å². The first kappa shape index (κ1) is 22.1. The zero-order chi connectivity index (χ0) is 22.3. The molecule has 2 unspecified atom stereocenters. The van der Waals surface area contributed by atoms with Crippen molar-refractivity contribution >= 4 is 5.91 Å². The van der Waals surface area contributed by atoms with Crippen LogP contribution in [-0.4, -0.2) is 41.6 Å². The number of methoxy groups -OCH3 is 1. The van der Waals surface area contributed by atoms with Gasteiger partial charge in [0.2, 0.25) is 0 Å². The number of carbonyl (C=O) groups is 1. The smallest absolute Gasteiger partial charge is 0.255 e. The van der Waals surface area contributed by atoms with Crippen LogP contribution in [0.2, 0.25) is 0 Å². The molecule has 0 spiro atoms. The second-order valence-corrected chi connectivity index (χ2v) is 8.39. The van der Waals surface area contributed by atoms with E-state index < -0.39 is 0 Å². The van der Waals surface area contributed by atoms with Crippen molar-refractivity contribution in [3.05, 3.63) is 71.9 Å². The summed E-state index contributed by atoms with van der Waals surface area (Å²) in [5.41, 5.74) is 3.21. The lowest BCUT2D eigenvalue weighted by molar-refractivity contribution is 0.0900. The summed E-state index contributed by atoms with van der Waals surface area (Å²) in [5, 5.41) is 7.93. The highest BCUT2D eigenvalue weighted by Gasteiger charge is 2.21. The summed E-state index contributed by atoms with van der Waals surface area (Å²) in [6.45, 7) is 3.50. The quantitative estimate of drug-likeness (QED) is 0.532. The van der Waals surface area contributed by atoms with Gasteiger partial charge in [0.25, 0.3) is 5.91 Å².